The highest BCUT2D eigenvalue weighted by atomic mass is 19.4. The second kappa shape index (κ2) is 6.51. The van der Waals surface area contributed by atoms with Crippen molar-refractivity contribution in [3.05, 3.63) is 65.2 Å². The minimum Gasteiger partial charge on any atom is -0.465 e. The van der Waals surface area contributed by atoms with Crippen LogP contribution in [0.5, 0.6) is 0 Å². The number of methoxy groups -OCH3 is 1. The van der Waals surface area contributed by atoms with Crippen molar-refractivity contribution in [3.63, 3.8) is 0 Å². The number of esters is 1. The van der Waals surface area contributed by atoms with Crippen molar-refractivity contribution >= 4 is 17.6 Å². The zero-order valence-corrected chi connectivity index (χ0v) is 12.0. The predicted molar refractivity (Wildman–Crippen MR) is 77.2 cm³/mol. The van der Waals surface area contributed by atoms with Gasteiger partial charge in [0.1, 0.15) is 0 Å². The molecular formula is C16H12F3NO3. The molecule has 120 valence electrons. The summed E-state index contributed by atoms with van der Waals surface area (Å²) in [5, 5.41) is 2.36. The first-order chi connectivity index (χ1) is 10.8. The van der Waals surface area contributed by atoms with Crippen LogP contribution in [0.3, 0.4) is 0 Å². The van der Waals surface area contributed by atoms with Crippen LogP contribution in [0.15, 0.2) is 48.5 Å². The molecule has 2 aromatic carbocycles. The van der Waals surface area contributed by atoms with Gasteiger partial charge in [-0.2, -0.15) is 13.2 Å². The van der Waals surface area contributed by atoms with Gasteiger partial charge in [0.05, 0.1) is 18.2 Å². The molecular weight excluding hydrogens is 311 g/mol. The minimum absolute atomic E-state index is 0.00768. The number of benzene rings is 2. The zero-order chi connectivity index (χ0) is 17.0. The van der Waals surface area contributed by atoms with Gasteiger partial charge in [0.15, 0.2) is 0 Å². The Kier molecular flexibility index (Phi) is 4.68. The summed E-state index contributed by atoms with van der Waals surface area (Å²) in [6, 6.07) is 9.97. The predicted octanol–water partition coefficient (Wildman–Crippen LogP) is 3.74. The maximum absolute atomic E-state index is 12.6. The molecule has 0 fully saturated rings. The quantitative estimate of drug-likeness (QED) is 0.875. The van der Waals surface area contributed by atoms with Crippen molar-refractivity contribution in [2.24, 2.45) is 0 Å². The Bertz CT molecular complexity index is 741. The van der Waals surface area contributed by atoms with Crippen molar-refractivity contribution in [3.8, 4) is 0 Å². The first-order valence-electron chi connectivity index (χ1n) is 6.48. The number of carbonyl (C=O) groups is 2. The summed E-state index contributed by atoms with van der Waals surface area (Å²) in [4.78, 5) is 23.5. The topological polar surface area (TPSA) is 55.4 Å². The van der Waals surface area contributed by atoms with Crippen LogP contribution in [0, 0.1) is 0 Å². The van der Waals surface area contributed by atoms with E-state index in [1.807, 2.05) is 0 Å². The number of anilines is 1. The van der Waals surface area contributed by atoms with Crippen LogP contribution in [0.25, 0.3) is 0 Å². The lowest BCUT2D eigenvalue weighted by Crippen LogP contribution is -2.14. The van der Waals surface area contributed by atoms with Gasteiger partial charge < -0.3 is 10.1 Å². The summed E-state index contributed by atoms with van der Waals surface area (Å²) in [7, 11) is 1.21. The lowest BCUT2D eigenvalue weighted by Gasteiger charge is -2.10. The van der Waals surface area contributed by atoms with Gasteiger partial charge >= 0.3 is 12.1 Å². The summed E-state index contributed by atoms with van der Waals surface area (Å²) in [6.45, 7) is 0. The molecule has 0 saturated carbocycles. The normalized spacial score (nSPS) is 11.0. The third-order valence-corrected chi connectivity index (χ3v) is 2.99. The van der Waals surface area contributed by atoms with Crippen molar-refractivity contribution in [1.82, 2.24) is 0 Å². The van der Waals surface area contributed by atoms with E-state index < -0.39 is 23.6 Å². The number of hydrogen-bond acceptors (Lipinski definition) is 3. The van der Waals surface area contributed by atoms with Gasteiger partial charge in [-0.3, -0.25) is 4.79 Å². The van der Waals surface area contributed by atoms with Crippen molar-refractivity contribution < 1.29 is 27.5 Å². The van der Waals surface area contributed by atoms with Gasteiger partial charge in [0.25, 0.3) is 5.91 Å². The minimum atomic E-state index is -4.49. The van der Waals surface area contributed by atoms with Gasteiger partial charge in [-0.1, -0.05) is 12.1 Å². The van der Waals surface area contributed by atoms with Gasteiger partial charge in [-0.05, 0) is 36.4 Å². The SMILES string of the molecule is COC(=O)c1cccc(C(=O)Nc2cccc(C(F)(F)F)c2)c1. The first kappa shape index (κ1) is 16.5. The fraction of sp³-hybridized carbons (Fsp3) is 0.125. The molecule has 0 bridgehead atoms. The molecule has 2 aromatic rings. The molecule has 23 heavy (non-hydrogen) atoms. The fourth-order valence-corrected chi connectivity index (χ4v) is 1.88. The van der Waals surface area contributed by atoms with Crippen LogP contribution in [0.4, 0.5) is 18.9 Å². The lowest BCUT2D eigenvalue weighted by molar-refractivity contribution is -0.137. The molecule has 0 atom stereocenters. The molecule has 7 heteroatoms. The molecule has 0 radical (unpaired) electrons. The van der Waals surface area contributed by atoms with Crippen molar-refractivity contribution in [1.29, 1.82) is 0 Å². The zero-order valence-electron chi connectivity index (χ0n) is 12.0. The van der Waals surface area contributed by atoms with E-state index in [-0.39, 0.29) is 16.8 Å². The van der Waals surface area contributed by atoms with Gasteiger partial charge in [-0.25, -0.2) is 4.79 Å². The molecule has 1 amide bonds. The molecule has 0 aliphatic carbocycles. The Morgan fingerprint density at radius 1 is 1.00 bits per heavy atom. The van der Waals surface area contributed by atoms with E-state index in [2.05, 4.69) is 10.1 Å². The summed E-state index contributed by atoms with van der Waals surface area (Å²) in [5.74, 6) is -1.24. The second-order valence-corrected chi connectivity index (χ2v) is 4.61. The van der Waals surface area contributed by atoms with Crippen molar-refractivity contribution in [2.75, 3.05) is 12.4 Å². The summed E-state index contributed by atoms with van der Waals surface area (Å²) < 4.78 is 42.5. The molecule has 0 unspecified atom stereocenters. The van der Waals surface area contributed by atoms with E-state index >= 15 is 0 Å². The number of alkyl halides is 3. The smallest absolute Gasteiger partial charge is 0.416 e. The average Bonchev–Trinajstić information content (AvgIpc) is 2.53. The van der Waals surface area contributed by atoms with Gasteiger partial charge in [-0.15, -0.1) is 0 Å². The molecule has 4 nitrogen and oxygen atoms in total. The summed E-state index contributed by atoms with van der Waals surface area (Å²) >= 11 is 0. The highest BCUT2D eigenvalue weighted by Crippen LogP contribution is 2.30. The van der Waals surface area contributed by atoms with E-state index in [9.17, 15) is 22.8 Å². The lowest BCUT2D eigenvalue weighted by atomic mass is 10.1. The number of halogens is 3. The number of hydrogen-bond donors (Lipinski definition) is 1. The van der Waals surface area contributed by atoms with E-state index in [4.69, 9.17) is 0 Å². The standard InChI is InChI=1S/C16H12F3NO3/c1-23-15(22)11-5-2-4-10(8-11)14(21)20-13-7-3-6-12(9-13)16(17,18)19/h2-9H,1H3,(H,20,21). The van der Waals surface area contributed by atoms with Crippen LogP contribution in [-0.4, -0.2) is 19.0 Å². The Morgan fingerprint density at radius 2 is 1.65 bits per heavy atom. The Balaban J connectivity index is 2.21. The fourth-order valence-electron chi connectivity index (χ4n) is 1.88. The molecule has 2 rings (SSSR count). The monoisotopic (exact) mass is 323 g/mol. The molecule has 0 spiro atoms. The van der Waals surface area contributed by atoms with Gasteiger partial charge in [0.2, 0.25) is 0 Å². The highest BCUT2D eigenvalue weighted by molar-refractivity contribution is 6.05. The molecule has 0 aliphatic heterocycles. The largest absolute Gasteiger partial charge is 0.465 e. The van der Waals surface area contributed by atoms with Crippen LogP contribution >= 0.6 is 0 Å². The number of amides is 1. The Labute approximate surface area is 129 Å². The molecule has 0 aliphatic rings. The molecule has 0 saturated heterocycles. The summed E-state index contributed by atoms with van der Waals surface area (Å²) in [5.41, 5.74) is -0.554. The van der Waals surface area contributed by atoms with Crippen LogP contribution in [0.2, 0.25) is 0 Å². The highest BCUT2D eigenvalue weighted by Gasteiger charge is 2.30. The second-order valence-electron chi connectivity index (χ2n) is 4.61. The van der Waals surface area contributed by atoms with E-state index in [1.54, 1.807) is 0 Å². The third-order valence-electron chi connectivity index (χ3n) is 2.99. The van der Waals surface area contributed by atoms with E-state index in [0.717, 1.165) is 12.1 Å². The summed E-state index contributed by atoms with van der Waals surface area (Å²) in [6.07, 6.45) is -4.49. The van der Waals surface area contributed by atoms with Crippen molar-refractivity contribution in [2.45, 2.75) is 6.18 Å². The third kappa shape index (κ3) is 4.09. The number of carbonyl (C=O) groups excluding carboxylic acids is 2. The Hall–Kier alpha value is -2.83. The Morgan fingerprint density at radius 3 is 2.30 bits per heavy atom. The van der Waals surface area contributed by atoms with Crippen LogP contribution < -0.4 is 5.32 Å². The van der Waals surface area contributed by atoms with Gasteiger partial charge in [0, 0.05) is 11.3 Å². The maximum atomic E-state index is 12.6. The van der Waals surface area contributed by atoms with E-state index in [1.165, 1.54) is 43.5 Å². The average molecular weight is 323 g/mol. The molecule has 0 aromatic heterocycles. The van der Waals surface area contributed by atoms with E-state index in [0.29, 0.717) is 0 Å². The molecule has 0 heterocycles. The van der Waals surface area contributed by atoms with Crippen LogP contribution in [-0.2, 0) is 10.9 Å². The number of ether oxygens (including phenoxy) is 1. The van der Waals surface area contributed by atoms with Crippen LogP contribution in [0.1, 0.15) is 26.3 Å². The number of nitrogens with one attached hydrogen (secondary N) is 1. The first-order valence-corrected chi connectivity index (χ1v) is 6.48. The number of rotatable bonds is 3. The molecule has 1 N–H and O–H groups in total. The maximum Gasteiger partial charge on any atom is 0.416 e.